The van der Waals surface area contributed by atoms with E-state index in [0.717, 1.165) is 36.5 Å². The summed E-state index contributed by atoms with van der Waals surface area (Å²) in [5.74, 6) is 3.21. The predicted molar refractivity (Wildman–Crippen MR) is 55.3 cm³/mol. The Bertz CT molecular complexity index is 349. The van der Waals surface area contributed by atoms with Crippen molar-refractivity contribution in [3.8, 4) is 0 Å². The highest BCUT2D eigenvalue weighted by Gasteiger charge is 2.42. The van der Waals surface area contributed by atoms with E-state index in [9.17, 15) is 0 Å². The molecular weight excluding hydrogens is 190 g/mol. The molecule has 2 fully saturated rings. The van der Waals surface area contributed by atoms with Gasteiger partial charge in [0.25, 0.3) is 0 Å². The molecule has 3 rings (SSSR count). The molecule has 1 saturated heterocycles. The molecule has 0 bridgehead atoms. The summed E-state index contributed by atoms with van der Waals surface area (Å²) in [4.78, 5) is 4.43. The normalized spacial score (nSPS) is 34.6. The van der Waals surface area contributed by atoms with Crippen LogP contribution in [0.5, 0.6) is 0 Å². The highest BCUT2D eigenvalue weighted by molar-refractivity contribution is 5.03. The van der Waals surface area contributed by atoms with Gasteiger partial charge in [0.15, 0.2) is 5.82 Å². The first-order valence-electron chi connectivity index (χ1n) is 5.94. The van der Waals surface area contributed by atoms with Crippen LogP contribution in [0.1, 0.15) is 43.9 Å². The number of fused-ring (bicyclic) bond motifs is 1. The van der Waals surface area contributed by atoms with Gasteiger partial charge in [0.05, 0.1) is 6.04 Å². The lowest BCUT2D eigenvalue weighted by Crippen LogP contribution is -2.18. The number of nitrogens with zero attached hydrogens (tertiary/aromatic N) is 2. The molecule has 3 unspecified atom stereocenters. The summed E-state index contributed by atoms with van der Waals surface area (Å²) in [6, 6.07) is 0.324. The van der Waals surface area contributed by atoms with Gasteiger partial charge in [-0.25, -0.2) is 0 Å². The first-order valence-corrected chi connectivity index (χ1v) is 5.94. The largest absolute Gasteiger partial charge is 0.338 e. The highest BCUT2D eigenvalue weighted by atomic mass is 16.5. The second-order valence-electron chi connectivity index (χ2n) is 4.64. The summed E-state index contributed by atoms with van der Waals surface area (Å²) in [7, 11) is 0. The van der Waals surface area contributed by atoms with E-state index in [0.29, 0.717) is 6.04 Å². The van der Waals surface area contributed by atoms with E-state index in [-0.39, 0.29) is 0 Å². The van der Waals surface area contributed by atoms with Crippen molar-refractivity contribution in [3.05, 3.63) is 11.7 Å². The topological polar surface area (TPSA) is 51.0 Å². The second-order valence-corrected chi connectivity index (χ2v) is 4.64. The number of aryl methyl sites for hydroxylation is 1. The SMILES string of the molecule is CCc1noc(C2NCC3CCCC32)n1. The first kappa shape index (κ1) is 9.33. The molecule has 1 aliphatic heterocycles. The number of hydrogen-bond acceptors (Lipinski definition) is 4. The van der Waals surface area contributed by atoms with Crippen LogP contribution in [-0.2, 0) is 6.42 Å². The Morgan fingerprint density at radius 3 is 3.20 bits per heavy atom. The molecule has 1 saturated carbocycles. The Morgan fingerprint density at radius 1 is 1.47 bits per heavy atom. The molecule has 1 aromatic heterocycles. The average molecular weight is 207 g/mol. The zero-order valence-corrected chi connectivity index (χ0v) is 9.07. The van der Waals surface area contributed by atoms with Crippen LogP contribution >= 0.6 is 0 Å². The van der Waals surface area contributed by atoms with Crippen LogP contribution in [0, 0.1) is 11.8 Å². The second kappa shape index (κ2) is 3.59. The van der Waals surface area contributed by atoms with E-state index < -0.39 is 0 Å². The van der Waals surface area contributed by atoms with Crippen molar-refractivity contribution in [3.63, 3.8) is 0 Å². The van der Waals surface area contributed by atoms with E-state index in [1.165, 1.54) is 19.3 Å². The Hall–Kier alpha value is -0.900. The van der Waals surface area contributed by atoms with E-state index in [1.807, 2.05) is 0 Å². The minimum Gasteiger partial charge on any atom is -0.338 e. The lowest BCUT2D eigenvalue weighted by atomic mass is 9.94. The van der Waals surface area contributed by atoms with Gasteiger partial charge in [-0.1, -0.05) is 18.5 Å². The summed E-state index contributed by atoms with van der Waals surface area (Å²) in [6.07, 6.45) is 4.89. The molecule has 15 heavy (non-hydrogen) atoms. The molecule has 2 heterocycles. The molecule has 82 valence electrons. The standard InChI is InChI=1S/C11H17N3O/c1-2-9-13-11(15-14-9)10-8-5-3-4-7(8)6-12-10/h7-8,10,12H,2-6H2,1H3. The summed E-state index contributed by atoms with van der Waals surface area (Å²) < 4.78 is 5.32. The van der Waals surface area contributed by atoms with Crippen molar-refractivity contribution in [2.75, 3.05) is 6.54 Å². The van der Waals surface area contributed by atoms with E-state index in [4.69, 9.17) is 4.52 Å². The van der Waals surface area contributed by atoms with Crippen LogP contribution in [0.3, 0.4) is 0 Å². The molecule has 0 spiro atoms. The summed E-state index contributed by atoms with van der Waals surface area (Å²) in [6.45, 7) is 3.17. The molecule has 1 aromatic rings. The van der Waals surface area contributed by atoms with Crippen molar-refractivity contribution in [1.82, 2.24) is 15.5 Å². The van der Waals surface area contributed by atoms with Crippen molar-refractivity contribution in [2.24, 2.45) is 11.8 Å². The van der Waals surface area contributed by atoms with Crippen LogP contribution in [0.15, 0.2) is 4.52 Å². The Labute approximate surface area is 89.4 Å². The molecule has 0 aromatic carbocycles. The van der Waals surface area contributed by atoms with Crippen molar-refractivity contribution < 1.29 is 4.52 Å². The number of aromatic nitrogens is 2. The fourth-order valence-electron chi connectivity index (χ4n) is 3.00. The minimum atomic E-state index is 0.324. The molecule has 1 aliphatic carbocycles. The molecule has 0 radical (unpaired) electrons. The summed E-state index contributed by atoms with van der Waals surface area (Å²) in [5, 5.41) is 7.48. The minimum absolute atomic E-state index is 0.324. The maximum atomic E-state index is 5.32. The summed E-state index contributed by atoms with van der Waals surface area (Å²) >= 11 is 0. The van der Waals surface area contributed by atoms with E-state index >= 15 is 0 Å². The van der Waals surface area contributed by atoms with Crippen LogP contribution in [0.25, 0.3) is 0 Å². The maximum absolute atomic E-state index is 5.32. The zero-order chi connectivity index (χ0) is 10.3. The monoisotopic (exact) mass is 207 g/mol. The number of hydrogen-bond donors (Lipinski definition) is 1. The van der Waals surface area contributed by atoms with Gasteiger partial charge in [0.1, 0.15) is 0 Å². The predicted octanol–water partition coefficient (Wildman–Crippen LogP) is 1.69. The van der Waals surface area contributed by atoms with Gasteiger partial charge in [-0.15, -0.1) is 0 Å². The zero-order valence-electron chi connectivity index (χ0n) is 9.07. The molecule has 4 heteroatoms. The molecule has 3 atom stereocenters. The quantitative estimate of drug-likeness (QED) is 0.801. The summed E-state index contributed by atoms with van der Waals surface area (Å²) in [5.41, 5.74) is 0. The van der Waals surface area contributed by atoms with Crippen molar-refractivity contribution in [1.29, 1.82) is 0 Å². The molecule has 0 amide bonds. The Morgan fingerprint density at radius 2 is 2.40 bits per heavy atom. The number of rotatable bonds is 2. The van der Waals surface area contributed by atoms with Gasteiger partial charge < -0.3 is 9.84 Å². The van der Waals surface area contributed by atoms with Crippen molar-refractivity contribution >= 4 is 0 Å². The van der Waals surface area contributed by atoms with Crippen molar-refractivity contribution in [2.45, 2.75) is 38.6 Å². The van der Waals surface area contributed by atoms with Gasteiger partial charge in [-0.3, -0.25) is 0 Å². The van der Waals surface area contributed by atoms with Gasteiger partial charge in [0, 0.05) is 6.42 Å². The Balaban J connectivity index is 1.81. The maximum Gasteiger partial charge on any atom is 0.244 e. The van der Waals surface area contributed by atoms with Gasteiger partial charge >= 0.3 is 0 Å². The van der Waals surface area contributed by atoms with E-state index in [2.05, 4.69) is 22.4 Å². The van der Waals surface area contributed by atoms with Gasteiger partial charge in [-0.2, -0.15) is 4.98 Å². The molecular formula is C11H17N3O. The lowest BCUT2D eigenvalue weighted by Gasteiger charge is -2.13. The fourth-order valence-corrected chi connectivity index (χ4v) is 3.00. The highest BCUT2D eigenvalue weighted by Crippen LogP contribution is 2.43. The molecule has 4 nitrogen and oxygen atoms in total. The average Bonchev–Trinajstić information content (AvgIpc) is 2.92. The molecule has 1 N–H and O–H groups in total. The molecule has 2 aliphatic rings. The van der Waals surface area contributed by atoms with Crippen LogP contribution < -0.4 is 5.32 Å². The van der Waals surface area contributed by atoms with Crippen LogP contribution in [0.2, 0.25) is 0 Å². The van der Waals surface area contributed by atoms with Crippen LogP contribution in [0.4, 0.5) is 0 Å². The van der Waals surface area contributed by atoms with E-state index in [1.54, 1.807) is 0 Å². The van der Waals surface area contributed by atoms with Crippen LogP contribution in [-0.4, -0.2) is 16.7 Å². The lowest BCUT2D eigenvalue weighted by molar-refractivity contribution is 0.300. The first-order chi connectivity index (χ1) is 7.38. The smallest absolute Gasteiger partial charge is 0.244 e. The third kappa shape index (κ3) is 1.47. The third-order valence-corrected chi connectivity index (χ3v) is 3.81. The third-order valence-electron chi connectivity index (χ3n) is 3.81. The van der Waals surface area contributed by atoms with Gasteiger partial charge in [0.2, 0.25) is 5.89 Å². The fraction of sp³-hybridized carbons (Fsp3) is 0.818. The Kier molecular flexibility index (Phi) is 2.24. The number of nitrogens with one attached hydrogen (secondary N) is 1. The van der Waals surface area contributed by atoms with Gasteiger partial charge in [-0.05, 0) is 31.2 Å².